The van der Waals surface area contributed by atoms with Gasteiger partial charge in [-0.05, 0) is 129 Å². The maximum atomic E-state index is 3.80. The highest BCUT2D eigenvalue weighted by atomic mass is 32.2. The fraction of sp³-hybridized carbons (Fsp3) is 0.0577. The van der Waals surface area contributed by atoms with E-state index in [0.717, 1.165) is 11.1 Å². The van der Waals surface area contributed by atoms with E-state index in [2.05, 4.69) is 189 Å². The average molecular weight is 723 g/mol. The number of fused-ring (bicyclic) bond motifs is 12. The molecule has 3 aliphatic rings. The summed E-state index contributed by atoms with van der Waals surface area (Å²) in [5, 5.41) is 2.63. The van der Waals surface area contributed by atoms with Gasteiger partial charge in [-0.3, -0.25) is 0 Å². The number of thiophene rings is 1. The lowest BCUT2D eigenvalue weighted by Crippen LogP contribution is -2.32. The molecule has 1 spiro atoms. The van der Waals surface area contributed by atoms with Gasteiger partial charge < -0.3 is 0 Å². The second-order valence-electron chi connectivity index (χ2n) is 14.7. The van der Waals surface area contributed by atoms with E-state index in [1.807, 2.05) is 23.1 Å². The predicted octanol–water partition coefficient (Wildman–Crippen LogP) is 14.2. The van der Waals surface area contributed by atoms with Gasteiger partial charge in [-0.1, -0.05) is 139 Å². The Bertz CT molecular complexity index is 2970. The van der Waals surface area contributed by atoms with Crippen molar-refractivity contribution in [2.24, 2.45) is 0 Å². The molecule has 0 saturated carbocycles. The molecule has 1 aromatic heterocycles. The first-order valence-corrected chi connectivity index (χ1v) is 20.2. The lowest BCUT2D eigenvalue weighted by molar-refractivity contribution is 0.721. The van der Waals surface area contributed by atoms with Crippen LogP contribution in [0.15, 0.2) is 185 Å². The van der Waals surface area contributed by atoms with Gasteiger partial charge in [0.1, 0.15) is 0 Å². The first-order valence-electron chi connectivity index (χ1n) is 18.6. The molecular weight excluding hydrogens is 689 g/mol. The van der Waals surface area contributed by atoms with Gasteiger partial charge in [-0.2, -0.15) is 0 Å². The zero-order chi connectivity index (χ0) is 36.0. The molecule has 54 heavy (non-hydrogen) atoms. The Balaban J connectivity index is 1.14. The molecule has 2 heterocycles. The van der Waals surface area contributed by atoms with Gasteiger partial charge in [0.2, 0.25) is 0 Å². The van der Waals surface area contributed by atoms with E-state index in [1.165, 1.54) is 96.7 Å². The van der Waals surface area contributed by atoms with Crippen LogP contribution in [0.25, 0.3) is 48.0 Å². The Morgan fingerprint density at radius 1 is 0.500 bits per heavy atom. The zero-order valence-corrected chi connectivity index (χ0v) is 31.6. The van der Waals surface area contributed by atoms with Crippen LogP contribution in [0, 0.1) is 13.8 Å². The smallest absolute Gasteiger partial charge is 0.0735 e. The highest BCUT2D eigenvalue weighted by Gasteiger charge is 2.50. The van der Waals surface area contributed by atoms with E-state index in [0.29, 0.717) is 0 Å². The third-order valence-electron chi connectivity index (χ3n) is 11.5. The predicted molar refractivity (Wildman–Crippen MR) is 231 cm³/mol. The Morgan fingerprint density at radius 3 is 2.02 bits per heavy atom. The fourth-order valence-electron chi connectivity index (χ4n) is 9.22. The molecule has 7 aromatic carbocycles. The highest BCUT2D eigenvalue weighted by molar-refractivity contribution is 7.99. The van der Waals surface area contributed by atoms with Gasteiger partial charge in [-0.25, -0.2) is 0 Å². The minimum absolute atomic E-state index is 0.427. The van der Waals surface area contributed by atoms with Gasteiger partial charge >= 0.3 is 0 Å². The third-order valence-corrected chi connectivity index (χ3v) is 13.8. The molecule has 0 unspecified atom stereocenters. The minimum Gasteiger partial charge on any atom is -0.135 e. The van der Waals surface area contributed by atoms with Gasteiger partial charge in [-0.15, -0.1) is 17.1 Å². The number of rotatable bonds is 3. The van der Waals surface area contributed by atoms with Crippen molar-refractivity contribution in [2.45, 2.75) is 29.1 Å². The van der Waals surface area contributed by atoms with E-state index >= 15 is 0 Å². The Kier molecular flexibility index (Phi) is 7.07. The largest absolute Gasteiger partial charge is 0.135 e. The summed E-state index contributed by atoms with van der Waals surface area (Å²) in [6, 6.07) is 56.5. The molecule has 0 amide bonds. The van der Waals surface area contributed by atoms with Crippen molar-refractivity contribution in [1.29, 1.82) is 0 Å². The van der Waals surface area contributed by atoms with E-state index < -0.39 is 5.41 Å². The van der Waals surface area contributed by atoms with Crippen LogP contribution in [-0.4, -0.2) is 0 Å². The molecule has 0 nitrogen and oxygen atoms in total. The molecule has 0 radical (unpaired) electrons. The summed E-state index contributed by atoms with van der Waals surface area (Å²) in [4.78, 5) is 2.65. The number of allylic oxidation sites excluding steroid dienone is 5. The summed E-state index contributed by atoms with van der Waals surface area (Å²) in [7, 11) is 0. The van der Waals surface area contributed by atoms with Crippen LogP contribution in [0.5, 0.6) is 0 Å². The standard InChI is InChI=1S/C52H34S2/c1-32-26-33(2)51-42-25-23-37(30-45(42)52(46(51)27-32)43-15-7-10-18-48(43)54-49-19-11-8-16-44(49)52)35-20-21-36(29-39(28-35)34-12-4-3-5-13-34)38-22-24-41-40-14-6-9-17-47(40)53-50(41)31-38/h3-20,22-31H,1-2H3. The van der Waals surface area contributed by atoms with Crippen molar-refractivity contribution in [3.63, 3.8) is 0 Å². The Hall–Kier alpha value is -5.89. The second kappa shape index (κ2) is 12.1. The van der Waals surface area contributed by atoms with Gasteiger partial charge in [0.05, 0.1) is 5.41 Å². The second-order valence-corrected chi connectivity index (χ2v) is 16.9. The van der Waals surface area contributed by atoms with E-state index in [4.69, 9.17) is 0 Å². The van der Waals surface area contributed by atoms with E-state index in [9.17, 15) is 0 Å². The Morgan fingerprint density at radius 2 is 1.20 bits per heavy atom. The third kappa shape index (κ3) is 4.65. The van der Waals surface area contributed by atoms with Gasteiger partial charge in [0.25, 0.3) is 0 Å². The molecule has 11 rings (SSSR count). The first kappa shape index (κ1) is 31.6. The average Bonchev–Trinajstić information content (AvgIpc) is 3.61. The van der Waals surface area contributed by atoms with Crippen molar-refractivity contribution >= 4 is 60.0 Å². The SMILES string of the molecule is Cc1cc(C)c2c(c1)C1(c3ccccc3Sc3ccccc31)c1cc(C3=CC(c4ccccc4)=CC(c4ccc5c(c4)sc4ccccc45)=C=C3)ccc1-2. The Labute approximate surface area is 324 Å². The van der Waals surface area contributed by atoms with Crippen molar-refractivity contribution in [3.8, 4) is 11.1 Å². The summed E-state index contributed by atoms with van der Waals surface area (Å²) in [6.07, 6.45) is 6.88. The van der Waals surface area contributed by atoms with E-state index in [-0.39, 0.29) is 0 Å². The molecule has 0 atom stereocenters. The van der Waals surface area contributed by atoms with Crippen molar-refractivity contribution in [3.05, 3.63) is 226 Å². The lowest BCUT2D eigenvalue weighted by Gasteiger charge is -2.40. The normalized spacial score (nSPS) is 14.9. The molecule has 2 aliphatic carbocycles. The van der Waals surface area contributed by atoms with Crippen LogP contribution in [0.1, 0.15) is 50.1 Å². The summed E-state index contributed by atoms with van der Waals surface area (Å²) in [5.74, 6) is 0. The number of benzene rings is 7. The van der Waals surface area contributed by atoms with Crippen LogP contribution >= 0.6 is 23.1 Å². The summed E-state index contributed by atoms with van der Waals surface area (Å²) in [5.41, 5.74) is 21.1. The number of aryl methyl sites for hydroxylation is 2. The molecular formula is C52H34S2. The van der Waals surface area contributed by atoms with Crippen molar-refractivity contribution in [2.75, 3.05) is 0 Å². The highest BCUT2D eigenvalue weighted by Crippen LogP contribution is 2.63. The van der Waals surface area contributed by atoms with Crippen LogP contribution in [0.3, 0.4) is 0 Å². The summed E-state index contributed by atoms with van der Waals surface area (Å²) >= 11 is 3.76. The molecule has 0 bridgehead atoms. The molecule has 1 aliphatic heterocycles. The quantitative estimate of drug-likeness (QED) is 0.164. The van der Waals surface area contributed by atoms with Gasteiger partial charge in [0, 0.05) is 35.5 Å². The van der Waals surface area contributed by atoms with Crippen LogP contribution in [-0.2, 0) is 5.41 Å². The molecule has 0 saturated heterocycles. The van der Waals surface area contributed by atoms with Crippen LogP contribution in [0.4, 0.5) is 0 Å². The summed E-state index contributed by atoms with van der Waals surface area (Å²) in [6.45, 7) is 4.53. The zero-order valence-electron chi connectivity index (χ0n) is 30.0. The molecule has 2 heteroatoms. The van der Waals surface area contributed by atoms with Crippen LogP contribution < -0.4 is 0 Å². The summed E-state index contributed by atoms with van der Waals surface area (Å²) < 4.78 is 2.62. The first-order chi connectivity index (χ1) is 26.6. The van der Waals surface area contributed by atoms with Crippen molar-refractivity contribution < 1.29 is 0 Å². The van der Waals surface area contributed by atoms with Crippen molar-refractivity contribution in [1.82, 2.24) is 0 Å². The fourth-order valence-corrected chi connectivity index (χ4v) is 11.6. The van der Waals surface area contributed by atoms with Gasteiger partial charge in [0.15, 0.2) is 0 Å². The maximum absolute atomic E-state index is 3.80. The molecule has 254 valence electrons. The van der Waals surface area contributed by atoms with Crippen LogP contribution in [0.2, 0.25) is 0 Å². The lowest BCUT2D eigenvalue weighted by atomic mass is 9.66. The topological polar surface area (TPSA) is 0 Å². The number of hydrogen-bond acceptors (Lipinski definition) is 2. The minimum atomic E-state index is -0.427. The van der Waals surface area contributed by atoms with E-state index in [1.54, 1.807) is 0 Å². The molecule has 0 N–H and O–H groups in total. The number of hydrogen-bond donors (Lipinski definition) is 0. The molecule has 8 aromatic rings. The maximum Gasteiger partial charge on any atom is 0.0735 e. The monoisotopic (exact) mass is 722 g/mol. The molecule has 0 fully saturated rings.